The molecule has 0 saturated carbocycles. The molecule has 162 valence electrons. The summed E-state index contributed by atoms with van der Waals surface area (Å²) in [5, 5.41) is 5.39. The van der Waals surface area contributed by atoms with E-state index in [4.69, 9.17) is 0 Å². The summed E-state index contributed by atoms with van der Waals surface area (Å²) in [6, 6.07) is 2.48. The molecule has 30 heavy (non-hydrogen) atoms. The topological polar surface area (TPSA) is 81.8 Å². The van der Waals surface area contributed by atoms with E-state index in [0.717, 1.165) is 25.9 Å². The number of carbonyl (C=O) groups excluding carboxylic acids is 3. The maximum Gasteiger partial charge on any atom is 0.234 e. The summed E-state index contributed by atoms with van der Waals surface area (Å²) >= 11 is 0. The van der Waals surface area contributed by atoms with Crippen molar-refractivity contribution in [2.75, 3.05) is 44.2 Å². The minimum Gasteiger partial charge on any atom is -0.368 e. The van der Waals surface area contributed by atoms with Gasteiger partial charge in [0, 0.05) is 49.8 Å². The zero-order valence-corrected chi connectivity index (χ0v) is 16.8. The summed E-state index contributed by atoms with van der Waals surface area (Å²) < 4.78 is 29.5. The Morgan fingerprint density at radius 3 is 2.20 bits per heavy atom. The Balaban J connectivity index is 1.42. The van der Waals surface area contributed by atoms with Crippen LogP contribution in [0.5, 0.6) is 0 Å². The van der Waals surface area contributed by atoms with Gasteiger partial charge in [-0.25, -0.2) is 8.78 Å². The molecule has 3 heterocycles. The monoisotopic (exact) mass is 420 g/mol. The van der Waals surface area contributed by atoms with Crippen molar-refractivity contribution in [1.29, 1.82) is 0 Å². The smallest absolute Gasteiger partial charge is 0.234 e. The molecule has 3 amide bonds. The molecule has 3 saturated heterocycles. The molecule has 3 fully saturated rings. The SMILES string of the molecule is O=C1CCC(c2c(F)cc(N3CCN(C(=O)C4CCNCC4)CC3)cc2F)C(=O)N1. The predicted molar refractivity (Wildman–Crippen MR) is 106 cm³/mol. The van der Waals surface area contributed by atoms with Gasteiger partial charge in [0.15, 0.2) is 0 Å². The van der Waals surface area contributed by atoms with Crippen molar-refractivity contribution in [3.8, 4) is 0 Å². The molecule has 0 aromatic heterocycles. The number of rotatable bonds is 3. The molecule has 1 aromatic rings. The number of piperazine rings is 1. The van der Waals surface area contributed by atoms with Gasteiger partial charge in [0.2, 0.25) is 17.7 Å². The zero-order chi connectivity index (χ0) is 21.3. The fraction of sp³-hybridized carbons (Fsp3) is 0.571. The summed E-state index contributed by atoms with van der Waals surface area (Å²) in [5.74, 6) is -3.44. The zero-order valence-electron chi connectivity index (χ0n) is 16.8. The van der Waals surface area contributed by atoms with Gasteiger partial charge in [-0.15, -0.1) is 0 Å². The van der Waals surface area contributed by atoms with Crippen molar-refractivity contribution in [2.24, 2.45) is 5.92 Å². The molecular weight excluding hydrogens is 394 g/mol. The summed E-state index contributed by atoms with van der Waals surface area (Å²) in [4.78, 5) is 39.7. The molecule has 0 radical (unpaired) electrons. The van der Waals surface area contributed by atoms with E-state index < -0.39 is 29.4 Å². The number of nitrogens with one attached hydrogen (secondary N) is 2. The molecule has 3 aliphatic heterocycles. The Morgan fingerprint density at radius 2 is 1.60 bits per heavy atom. The average molecular weight is 420 g/mol. The van der Waals surface area contributed by atoms with E-state index in [9.17, 15) is 23.2 Å². The highest BCUT2D eigenvalue weighted by molar-refractivity contribution is 6.01. The van der Waals surface area contributed by atoms with Gasteiger partial charge in [0.25, 0.3) is 0 Å². The van der Waals surface area contributed by atoms with Crippen LogP contribution in [0, 0.1) is 17.6 Å². The van der Waals surface area contributed by atoms with Crippen LogP contribution in [0.2, 0.25) is 0 Å². The second-order valence-corrected chi connectivity index (χ2v) is 8.16. The van der Waals surface area contributed by atoms with Gasteiger partial charge in [0.05, 0.1) is 5.92 Å². The fourth-order valence-corrected chi connectivity index (χ4v) is 4.57. The van der Waals surface area contributed by atoms with Gasteiger partial charge in [-0.1, -0.05) is 0 Å². The van der Waals surface area contributed by atoms with Gasteiger partial charge in [0.1, 0.15) is 11.6 Å². The lowest BCUT2D eigenvalue weighted by Gasteiger charge is -2.38. The number of halogens is 2. The Hall–Kier alpha value is -2.55. The van der Waals surface area contributed by atoms with Crippen LogP contribution in [0.1, 0.15) is 37.2 Å². The molecular formula is C21H26F2N4O3. The van der Waals surface area contributed by atoms with Crippen LogP contribution in [-0.4, -0.2) is 61.9 Å². The molecule has 0 aliphatic carbocycles. The molecule has 1 atom stereocenters. The van der Waals surface area contributed by atoms with Crippen molar-refractivity contribution in [3.63, 3.8) is 0 Å². The number of benzene rings is 1. The molecule has 3 aliphatic rings. The number of amides is 3. The lowest BCUT2D eigenvalue weighted by molar-refractivity contribution is -0.137. The average Bonchev–Trinajstić information content (AvgIpc) is 2.75. The molecule has 1 aromatic carbocycles. The Morgan fingerprint density at radius 1 is 0.967 bits per heavy atom. The van der Waals surface area contributed by atoms with Crippen LogP contribution in [0.3, 0.4) is 0 Å². The quantitative estimate of drug-likeness (QED) is 0.717. The van der Waals surface area contributed by atoms with E-state index >= 15 is 0 Å². The fourth-order valence-electron chi connectivity index (χ4n) is 4.57. The second kappa shape index (κ2) is 8.67. The third-order valence-corrected chi connectivity index (χ3v) is 6.30. The third-order valence-electron chi connectivity index (χ3n) is 6.30. The summed E-state index contributed by atoms with van der Waals surface area (Å²) in [6.45, 7) is 3.73. The van der Waals surface area contributed by atoms with Crippen molar-refractivity contribution in [3.05, 3.63) is 29.3 Å². The lowest BCUT2D eigenvalue weighted by Crippen LogP contribution is -2.51. The largest absolute Gasteiger partial charge is 0.368 e. The minimum atomic E-state index is -1.00. The van der Waals surface area contributed by atoms with Crippen molar-refractivity contribution in [1.82, 2.24) is 15.5 Å². The third kappa shape index (κ3) is 4.16. The number of imide groups is 1. The number of piperidine rings is 2. The molecule has 1 unspecified atom stereocenters. The first-order chi connectivity index (χ1) is 14.4. The lowest BCUT2D eigenvalue weighted by atomic mass is 9.89. The van der Waals surface area contributed by atoms with Crippen LogP contribution in [0.4, 0.5) is 14.5 Å². The van der Waals surface area contributed by atoms with Crippen LogP contribution < -0.4 is 15.5 Å². The van der Waals surface area contributed by atoms with E-state index in [0.29, 0.717) is 31.9 Å². The summed E-state index contributed by atoms with van der Waals surface area (Å²) in [6.07, 6.45) is 1.84. The van der Waals surface area contributed by atoms with E-state index in [1.807, 2.05) is 9.80 Å². The summed E-state index contributed by atoms with van der Waals surface area (Å²) in [5.41, 5.74) is 0.110. The second-order valence-electron chi connectivity index (χ2n) is 8.16. The van der Waals surface area contributed by atoms with E-state index in [1.54, 1.807) is 0 Å². The van der Waals surface area contributed by atoms with Crippen molar-refractivity contribution in [2.45, 2.75) is 31.6 Å². The number of hydrogen-bond acceptors (Lipinski definition) is 5. The normalized spacial score (nSPS) is 23.5. The van der Waals surface area contributed by atoms with E-state index in [1.165, 1.54) is 12.1 Å². The van der Waals surface area contributed by atoms with Crippen LogP contribution >= 0.6 is 0 Å². The number of carbonyl (C=O) groups is 3. The number of anilines is 1. The minimum absolute atomic E-state index is 0.0560. The highest BCUT2D eigenvalue weighted by Gasteiger charge is 2.33. The van der Waals surface area contributed by atoms with Crippen LogP contribution in [0.15, 0.2) is 12.1 Å². The van der Waals surface area contributed by atoms with E-state index in [2.05, 4.69) is 10.6 Å². The Bertz CT molecular complexity index is 826. The molecule has 4 rings (SSSR count). The maximum absolute atomic E-state index is 14.8. The maximum atomic E-state index is 14.8. The van der Waals surface area contributed by atoms with Gasteiger partial charge in [-0.3, -0.25) is 19.7 Å². The highest BCUT2D eigenvalue weighted by atomic mass is 19.1. The summed E-state index contributed by atoms with van der Waals surface area (Å²) in [7, 11) is 0. The predicted octanol–water partition coefficient (Wildman–Crippen LogP) is 1.13. The number of nitrogens with zero attached hydrogens (tertiary/aromatic N) is 2. The van der Waals surface area contributed by atoms with Gasteiger partial charge in [-0.2, -0.15) is 0 Å². The van der Waals surface area contributed by atoms with Gasteiger partial charge >= 0.3 is 0 Å². The standard InChI is InChI=1S/C21H26F2N4O3/c22-16-11-14(12-17(23)19(16)15-1-2-18(28)25-20(15)29)26-7-9-27(10-8-26)21(30)13-3-5-24-6-4-13/h11-13,15,24H,1-10H2,(H,25,28,29). The van der Waals surface area contributed by atoms with Crippen molar-refractivity contribution < 1.29 is 23.2 Å². The van der Waals surface area contributed by atoms with Gasteiger partial charge < -0.3 is 15.1 Å². The number of hydrogen-bond donors (Lipinski definition) is 2. The first-order valence-electron chi connectivity index (χ1n) is 10.5. The Labute approximate surface area is 173 Å². The molecule has 0 bridgehead atoms. The Kier molecular flexibility index (Phi) is 5.99. The first-order valence-corrected chi connectivity index (χ1v) is 10.5. The molecule has 2 N–H and O–H groups in total. The highest BCUT2D eigenvalue weighted by Crippen LogP contribution is 2.32. The molecule has 0 spiro atoms. The van der Waals surface area contributed by atoms with Crippen LogP contribution in [-0.2, 0) is 14.4 Å². The van der Waals surface area contributed by atoms with Crippen molar-refractivity contribution >= 4 is 23.4 Å². The van der Waals surface area contributed by atoms with E-state index in [-0.39, 0.29) is 30.2 Å². The van der Waals surface area contributed by atoms with Gasteiger partial charge in [-0.05, 0) is 44.5 Å². The molecule has 7 nitrogen and oxygen atoms in total. The first kappa shape index (κ1) is 20.7. The van der Waals surface area contributed by atoms with Crippen LogP contribution in [0.25, 0.3) is 0 Å². The molecule has 9 heteroatoms.